The van der Waals surface area contributed by atoms with Crippen molar-refractivity contribution in [2.24, 2.45) is 5.73 Å². The Morgan fingerprint density at radius 3 is 2.50 bits per heavy atom. The molecular weight excluding hydrogens is 154 g/mol. The number of hydrogen-bond donors (Lipinski definition) is 3. The van der Waals surface area contributed by atoms with Gasteiger partial charge in [-0.3, -0.25) is 0 Å². The minimum Gasteiger partial charge on any atom is -0.338 e. The molecule has 0 aliphatic carbocycles. The summed E-state index contributed by atoms with van der Waals surface area (Å²) in [6.07, 6.45) is 0. The number of urea groups is 1. The highest BCUT2D eigenvalue weighted by Gasteiger charge is 1.92. The molecule has 4 N–H and O–H groups in total. The summed E-state index contributed by atoms with van der Waals surface area (Å²) in [5.74, 6) is 0. The Labute approximate surface area is 67.0 Å². The van der Waals surface area contributed by atoms with Crippen molar-refractivity contribution in [3.05, 3.63) is 0 Å². The van der Waals surface area contributed by atoms with Gasteiger partial charge in [0.25, 0.3) is 0 Å². The Morgan fingerprint density at radius 1 is 1.50 bits per heavy atom. The maximum Gasteiger partial charge on any atom is 0.314 e. The summed E-state index contributed by atoms with van der Waals surface area (Å²) in [7, 11) is 0. The van der Waals surface area contributed by atoms with Gasteiger partial charge in [0, 0.05) is 19.6 Å². The Hall–Kier alpha value is -0.480. The summed E-state index contributed by atoms with van der Waals surface area (Å²) < 4.78 is 0. The fourth-order valence-corrected chi connectivity index (χ4v) is 0.409. The van der Waals surface area contributed by atoms with Crippen molar-refractivity contribution in [1.82, 2.24) is 10.6 Å². The van der Waals surface area contributed by atoms with Gasteiger partial charge in [-0.05, 0) is 6.92 Å². The van der Waals surface area contributed by atoms with E-state index >= 15 is 0 Å². The number of hydrogen-bond acceptors (Lipinski definition) is 2. The number of rotatable bonds is 3. The summed E-state index contributed by atoms with van der Waals surface area (Å²) in [4.78, 5) is 10.5. The molecule has 2 amide bonds. The van der Waals surface area contributed by atoms with Crippen LogP contribution in [0.3, 0.4) is 0 Å². The van der Waals surface area contributed by atoms with Crippen LogP contribution in [0.15, 0.2) is 0 Å². The van der Waals surface area contributed by atoms with Gasteiger partial charge in [-0.25, -0.2) is 4.79 Å². The minimum atomic E-state index is -0.150. The standard InChI is InChI=1S/C5H13N3O.ClH/c1-2-7-5(9)8-4-3-6;/h2-4,6H2,1H3,(H2,7,8,9);1H. The predicted octanol–water partition coefficient (Wildman–Crippen LogP) is -0.314. The van der Waals surface area contributed by atoms with E-state index in [0.717, 1.165) is 0 Å². The van der Waals surface area contributed by atoms with Crippen molar-refractivity contribution in [3.63, 3.8) is 0 Å². The van der Waals surface area contributed by atoms with Gasteiger partial charge in [0.05, 0.1) is 0 Å². The third kappa shape index (κ3) is 7.52. The first-order valence-corrected chi connectivity index (χ1v) is 3.03. The lowest BCUT2D eigenvalue weighted by Gasteiger charge is -2.01. The third-order valence-corrected chi connectivity index (χ3v) is 0.767. The van der Waals surface area contributed by atoms with Crippen molar-refractivity contribution in [2.75, 3.05) is 19.6 Å². The quantitative estimate of drug-likeness (QED) is 0.540. The summed E-state index contributed by atoms with van der Waals surface area (Å²) in [5, 5.41) is 5.13. The molecule has 0 fully saturated rings. The normalized spacial score (nSPS) is 7.80. The van der Waals surface area contributed by atoms with Crippen LogP contribution >= 0.6 is 12.4 Å². The monoisotopic (exact) mass is 167 g/mol. The van der Waals surface area contributed by atoms with Gasteiger partial charge in [0.2, 0.25) is 0 Å². The molecule has 0 heterocycles. The van der Waals surface area contributed by atoms with E-state index in [9.17, 15) is 4.79 Å². The van der Waals surface area contributed by atoms with E-state index in [1.165, 1.54) is 0 Å². The third-order valence-electron chi connectivity index (χ3n) is 0.767. The SMILES string of the molecule is CCNC(=O)NCCN.Cl. The van der Waals surface area contributed by atoms with Crippen LogP contribution in [0.1, 0.15) is 6.92 Å². The van der Waals surface area contributed by atoms with Gasteiger partial charge >= 0.3 is 6.03 Å². The van der Waals surface area contributed by atoms with E-state index in [0.29, 0.717) is 19.6 Å². The van der Waals surface area contributed by atoms with Crippen LogP contribution in [-0.4, -0.2) is 25.7 Å². The second kappa shape index (κ2) is 8.52. The average Bonchev–Trinajstić information content (AvgIpc) is 1.85. The van der Waals surface area contributed by atoms with E-state index in [1.807, 2.05) is 6.92 Å². The van der Waals surface area contributed by atoms with Crippen LogP contribution in [0.4, 0.5) is 4.79 Å². The molecule has 0 saturated carbocycles. The van der Waals surface area contributed by atoms with Crippen LogP contribution in [0, 0.1) is 0 Å². The van der Waals surface area contributed by atoms with Crippen molar-refractivity contribution in [1.29, 1.82) is 0 Å². The van der Waals surface area contributed by atoms with E-state index < -0.39 is 0 Å². The zero-order valence-electron chi connectivity index (χ0n) is 6.02. The van der Waals surface area contributed by atoms with Gasteiger partial charge in [-0.15, -0.1) is 12.4 Å². The van der Waals surface area contributed by atoms with Gasteiger partial charge in [-0.1, -0.05) is 0 Å². The predicted molar refractivity (Wildman–Crippen MR) is 43.4 cm³/mol. The smallest absolute Gasteiger partial charge is 0.314 e. The van der Waals surface area contributed by atoms with E-state index in [2.05, 4.69) is 10.6 Å². The van der Waals surface area contributed by atoms with E-state index in [1.54, 1.807) is 0 Å². The number of nitrogens with two attached hydrogens (primary N) is 1. The zero-order valence-corrected chi connectivity index (χ0v) is 6.83. The molecule has 0 aliphatic rings. The summed E-state index contributed by atoms with van der Waals surface area (Å²) in [6.45, 7) is 3.53. The van der Waals surface area contributed by atoms with Crippen LogP contribution in [0.5, 0.6) is 0 Å². The van der Waals surface area contributed by atoms with Crippen molar-refractivity contribution < 1.29 is 4.79 Å². The molecule has 0 spiro atoms. The van der Waals surface area contributed by atoms with Crippen molar-refractivity contribution in [2.45, 2.75) is 6.92 Å². The summed E-state index contributed by atoms with van der Waals surface area (Å²) in [5.41, 5.74) is 5.13. The number of carbonyl (C=O) groups excluding carboxylic acids is 1. The highest BCUT2D eigenvalue weighted by Crippen LogP contribution is 1.60. The molecule has 0 unspecified atom stereocenters. The number of nitrogens with one attached hydrogen (secondary N) is 2. The number of halogens is 1. The largest absolute Gasteiger partial charge is 0.338 e. The fourth-order valence-electron chi connectivity index (χ4n) is 0.409. The average molecular weight is 168 g/mol. The Balaban J connectivity index is 0. The molecule has 5 heteroatoms. The van der Waals surface area contributed by atoms with Gasteiger partial charge < -0.3 is 16.4 Å². The highest BCUT2D eigenvalue weighted by atomic mass is 35.5. The molecule has 0 aromatic heterocycles. The molecule has 0 radical (unpaired) electrons. The molecule has 0 saturated heterocycles. The molecule has 10 heavy (non-hydrogen) atoms. The second-order valence-corrected chi connectivity index (χ2v) is 1.57. The molecule has 0 bridgehead atoms. The summed E-state index contributed by atoms with van der Waals surface area (Å²) in [6, 6.07) is -0.150. The first-order valence-electron chi connectivity index (χ1n) is 3.03. The van der Waals surface area contributed by atoms with Gasteiger partial charge in [0.1, 0.15) is 0 Å². The lowest BCUT2D eigenvalue weighted by atomic mass is 10.6. The summed E-state index contributed by atoms with van der Waals surface area (Å²) >= 11 is 0. The maximum atomic E-state index is 10.5. The molecular formula is C5H14ClN3O. The van der Waals surface area contributed by atoms with Crippen LogP contribution in [0.25, 0.3) is 0 Å². The molecule has 0 aromatic carbocycles. The van der Waals surface area contributed by atoms with Crippen LogP contribution < -0.4 is 16.4 Å². The van der Waals surface area contributed by atoms with Crippen LogP contribution in [0.2, 0.25) is 0 Å². The molecule has 0 aromatic rings. The molecule has 0 atom stereocenters. The lowest BCUT2D eigenvalue weighted by Crippen LogP contribution is -2.37. The Morgan fingerprint density at radius 2 is 2.10 bits per heavy atom. The maximum absolute atomic E-state index is 10.5. The van der Waals surface area contributed by atoms with Crippen molar-refractivity contribution in [3.8, 4) is 0 Å². The van der Waals surface area contributed by atoms with E-state index in [-0.39, 0.29) is 18.4 Å². The van der Waals surface area contributed by atoms with Gasteiger partial charge in [0.15, 0.2) is 0 Å². The second-order valence-electron chi connectivity index (χ2n) is 1.57. The number of carbonyl (C=O) groups is 1. The topological polar surface area (TPSA) is 67.2 Å². The van der Waals surface area contributed by atoms with E-state index in [4.69, 9.17) is 5.73 Å². The Bertz CT molecular complexity index is 89.0. The molecule has 62 valence electrons. The minimum absolute atomic E-state index is 0. The van der Waals surface area contributed by atoms with Crippen LogP contribution in [-0.2, 0) is 0 Å². The first-order chi connectivity index (χ1) is 4.31. The van der Waals surface area contributed by atoms with Crippen molar-refractivity contribution >= 4 is 18.4 Å². The first kappa shape index (κ1) is 12.2. The van der Waals surface area contributed by atoms with Gasteiger partial charge in [-0.2, -0.15) is 0 Å². The molecule has 4 nitrogen and oxygen atoms in total. The highest BCUT2D eigenvalue weighted by molar-refractivity contribution is 5.85. The Kier molecular flexibility index (Phi) is 10.4. The lowest BCUT2D eigenvalue weighted by molar-refractivity contribution is 0.241. The zero-order chi connectivity index (χ0) is 7.11. The molecule has 0 aliphatic heterocycles. The molecule has 0 rings (SSSR count). The number of amides is 2. The fraction of sp³-hybridized carbons (Fsp3) is 0.800.